The average molecular weight is 231 g/mol. The lowest BCUT2D eigenvalue weighted by atomic mass is 10.1. The van der Waals surface area contributed by atoms with Crippen molar-refractivity contribution in [3.63, 3.8) is 0 Å². The van der Waals surface area contributed by atoms with Crippen LogP contribution in [-0.4, -0.2) is 19.2 Å². The van der Waals surface area contributed by atoms with E-state index in [-0.39, 0.29) is 0 Å². The van der Waals surface area contributed by atoms with Crippen molar-refractivity contribution in [3.8, 4) is 18.1 Å². The monoisotopic (exact) mass is 231 g/mol. The van der Waals surface area contributed by atoms with Crippen molar-refractivity contribution in [1.29, 1.82) is 0 Å². The molecule has 2 heteroatoms. The number of terminal acetylenes is 1. The first kappa shape index (κ1) is 13.6. The quantitative estimate of drug-likeness (QED) is 0.695. The van der Waals surface area contributed by atoms with Gasteiger partial charge in [0.15, 0.2) is 0 Å². The molecular weight excluding hydrogens is 210 g/mol. The summed E-state index contributed by atoms with van der Waals surface area (Å²) >= 11 is 0. The van der Waals surface area contributed by atoms with Gasteiger partial charge in [-0.1, -0.05) is 25.1 Å². The first-order valence-corrected chi connectivity index (χ1v) is 6.21. The molecular formula is C15H21NO. The van der Waals surface area contributed by atoms with Crippen molar-refractivity contribution >= 4 is 0 Å². The average Bonchev–Trinajstić information content (AvgIpc) is 2.37. The van der Waals surface area contributed by atoms with E-state index in [9.17, 15) is 0 Å². The molecule has 1 rings (SSSR count). The zero-order chi connectivity index (χ0) is 12.3. The number of ether oxygens (including phenoxy) is 1. The second-order valence-corrected chi connectivity index (χ2v) is 3.95. The molecule has 2 nitrogen and oxygen atoms in total. The van der Waals surface area contributed by atoms with Crippen molar-refractivity contribution in [3.05, 3.63) is 30.3 Å². The minimum Gasteiger partial charge on any atom is -0.494 e. The van der Waals surface area contributed by atoms with Gasteiger partial charge in [0.25, 0.3) is 0 Å². The second kappa shape index (κ2) is 8.66. The van der Waals surface area contributed by atoms with Crippen LogP contribution in [0.2, 0.25) is 0 Å². The van der Waals surface area contributed by atoms with Crippen LogP contribution in [0.5, 0.6) is 5.75 Å². The zero-order valence-corrected chi connectivity index (χ0v) is 10.5. The molecule has 92 valence electrons. The summed E-state index contributed by atoms with van der Waals surface area (Å²) in [6.45, 7) is 3.81. The van der Waals surface area contributed by atoms with Gasteiger partial charge >= 0.3 is 0 Å². The van der Waals surface area contributed by atoms with Gasteiger partial charge in [0, 0.05) is 12.5 Å². The summed E-state index contributed by atoms with van der Waals surface area (Å²) in [5.41, 5.74) is 0. The van der Waals surface area contributed by atoms with E-state index >= 15 is 0 Å². The van der Waals surface area contributed by atoms with Crippen molar-refractivity contribution in [2.24, 2.45) is 0 Å². The lowest BCUT2D eigenvalue weighted by Gasteiger charge is -2.16. The Balaban J connectivity index is 2.24. The summed E-state index contributed by atoms with van der Waals surface area (Å²) in [7, 11) is 0. The summed E-state index contributed by atoms with van der Waals surface area (Å²) in [5, 5.41) is 3.43. The molecule has 0 spiro atoms. The van der Waals surface area contributed by atoms with E-state index in [2.05, 4.69) is 18.2 Å². The fraction of sp³-hybridized carbons (Fsp3) is 0.467. The molecule has 1 unspecified atom stereocenters. The number of hydrogen-bond donors (Lipinski definition) is 1. The molecule has 1 atom stereocenters. The van der Waals surface area contributed by atoms with Crippen molar-refractivity contribution in [1.82, 2.24) is 5.32 Å². The topological polar surface area (TPSA) is 21.3 Å². The molecule has 0 aliphatic heterocycles. The van der Waals surface area contributed by atoms with Crippen molar-refractivity contribution in [2.75, 3.05) is 13.2 Å². The van der Waals surface area contributed by atoms with Gasteiger partial charge in [0.05, 0.1) is 6.61 Å². The van der Waals surface area contributed by atoms with Crippen LogP contribution in [0.4, 0.5) is 0 Å². The van der Waals surface area contributed by atoms with Crippen LogP contribution in [0.15, 0.2) is 30.3 Å². The standard InChI is InChI=1S/C15H21NO/c1-3-5-9-14(16-4-2)12-13-17-15-10-7-6-8-11-15/h1,6-8,10-11,14,16H,4-5,9,12-13H2,2H3. The third kappa shape index (κ3) is 5.99. The van der Waals surface area contributed by atoms with Gasteiger partial charge in [-0.05, 0) is 31.5 Å². The van der Waals surface area contributed by atoms with Gasteiger partial charge < -0.3 is 10.1 Å². The number of hydrogen-bond acceptors (Lipinski definition) is 2. The van der Waals surface area contributed by atoms with Gasteiger partial charge in [-0.2, -0.15) is 0 Å². The van der Waals surface area contributed by atoms with Crippen LogP contribution in [0.25, 0.3) is 0 Å². The predicted molar refractivity (Wildman–Crippen MR) is 72.1 cm³/mol. The Morgan fingerprint density at radius 1 is 1.29 bits per heavy atom. The Morgan fingerprint density at radius 3 is 2.71 bits per heavy atom. The summed E-state index contributed by atoms with van der Waals surface area (Å²) < 4.78 is 5.67. The van der Waals surface area contributed by atoms with Gasteiger partial charge in [0.2, 0.25) is 0 Å². The van der Waals surface area contributed by atoms with Crippen LogP contribution in [0.3, 0.4) is 0 Å². The van der Waals surface area contributed by atoms with E-state index in [4.69, 9.17) is 11.2 Å². The predicted octanol–water partition coefficient (Wildman–Crippen LogP) is 2.85. The minimum atomic E-state index is 0.458. The Hall–Kier alpha value is -1.46. The van der Waals surface area contributed by atoms with Crippen molar-refractivity contribution in [2.45, 2.75) is 32.2 Å². The first-order valence-electron chi connectivity index (χ1n) is 6.21. The van der Waals surface area contributed by atoms with E-state index in [0.29, 0.717) is 6.04 Å². The van der Waals surface area contributed by atoms with Gasteiger partial charge in [0.1, 0.15) is 5.75 Å². The molecule has 0 amide bonds. The SMILES string of the molecule is C#CCCC(CCOc1ccccc1)NCC. The molecule has 1 aromatic rings. The summed E-state index contributed by atoms with van der Waals surface area (Å²) in [6.07, 6.45) is 8.11. The maximum Gasteiger partial charge on any atom is 0.119 e. The highest BCUT2D eigenvalue weighted by molar-refractivity contribution is 5.20. The third-order valence-electron chi connectivity index (χ3n) is 2.61. The van der Waals surface area contributed by atoms with E-state index in [1.165, 1.54) is 0 Å². The number of rotatable bonds is 8. The molecule has 0 aromatic heterocycles. The molecule has 0 radical (unpaired) electrons. The second-order valence-electron chi connectivity index (χ2n) is 3.95. The molecule has 0 bridgehead atoms. The molecule has 0 aliphatic rings. The van der Waals surface area contributed by atoms with E-state index in [0.717, 1.165) is 38.2 Å². The van der Waals surface area contributed by atoms with E-state index in [1.54, 1.807) is 0 Å². The molecule has 17 heavy (non-hydrogen) atoms. The highest BCUT2D eigenvalue weighted by Crippen LogP contribution is 2.10. The first-order chi connectivity index (χ1) is 8.36. The Morgan fingerprint density at radius 2 is 2.06 bits per heavy atom. The molecule has 1 N–H and O–H groups in total. The largest absolute Gasteiger partial charge is 0.494 e. The van der Waals surface area contributed by atoms with E-state index < -0.39 is 0 Å². The number of benzene rings is 1. The lowest BCUT2D eigenvalue weighted by Crippen LogP contribution is -2.30. The molecule has 0 saturated carbocycles. The molecule has 0 saturated heterocycles. The molecule has 0 heterocycles. The molecule has 1 aromatic carbocycles. The number of nitrogens with one attached hydrogen (secondary N) is 1. The van der Waals surface area contributed by atoms with Crippen LogP contribution < -0.4 is 10.1 Å². The van der Waals surface area contributed by atoms with Crippen LogP contribution in [0, 0.1) is 12.3 Å². The van der Waals surface area contributed by atoms with Gasteiger partial charge in [-0.3, -0.25) is 0 Å². The summed E-state index contributed by atoms with van der Waals surface area (Å²) in [5.74, 6) is 3.61. The fourth-order valence-electron chi connectivity index (χ4n) is 1.73. The lowest BCUT2D eigenvalue weighted by molar-refractivity contribution is 0.282. The van der Waals surface area contributed by atoms with Crippen molar-refractivity contribution < 1.29 is 4.74 Å². The third-order valence-corrected chi connectivity index (χ3v) is 2.61. The molecule has 0 fully saturated rings. The van der Waals surface area contributed by atoms with Crippen LogP contribution in [0.1, 0.15) is 26.2 Å². The zero-order valence-electron chi connectivity index (χ0n) is 10.5. The highest BCUT2D eigenvalue weighted by Gasteiger charge is 2.06. The minimum absolute atomic E-state index is 0.458. The van der Waals surface area contributed by atoms with E-state index in [1.807, 2.05) is 30.3 Å². The van der Waals surface area contributed by atoms with Gasteiger partial charge in [-0.15, -0.1) is 12.3 Å². The Labute approximate surface area is 104 Å². The Bertz CT molecular complexity index is 329. The smallest absolute Gasteiger partial charge is 0.119 e. The number of para-hydroxylation sites is 1. The Kier molecular flexibility index (Phi) is 6.93. The van der Waals surface area contributed by atoms with Crippen LogP contribution in [-0.2, 0) is 0 Å². The normalized spacial score (nSPS) is 11.8. The van der Waals surface area contributed by atoms with Crippen LogP contribution >= 0.6 is 0 Å². The fourth-order valence-corrected chi connectivity index (χ4v) is 1.73. The highest BCUT2D eigenvalue weighted by atomic mass is 16.5. The maximum absolute atomic E-state index is 5.67. The summed E-state index contributed by atoms with van der Waals surface area (Å²) in [4.78, 5) is 0. The molecule has 0 aliphatic carbocycles. The van der Waals surface area contributed by atoms with Gasteiger partial charge in [-0.25, -0.2) is 0 Å². The summed E-state index contributed by atoms with van der Waals surface area (Å²) in [6, 6.07) is 10.4. The maximum atomic E-state index is 5.67.